The summed E-state index contributed by atoms with van der Waals surface area (Å²) in [7, 11) is 3.39. The SMILES string of the molecule is COc1ccc(-c2ccc3cc(OC)ccc3c2)c(Nc2ccc(OCCN3CCCCC3)cc2)c1. The van der Waals surface area contributed by atoms with Crippen molar-refractivity contribution in [2.24, 2.45) is 0 Å². The maximum atomic E-state index is 6.00. The van der Waals surface area contributed by atoms with E-state index in [4.69, 9.17) is 14.2 Å². The van der Waals surface area contributed by atoms with Crippen LogP contribution in [0, 0.1) is 0 Å². The Bertz CT molecular complexity index is 1300. The Kier molecular flexibility index (Phi) is 7.58. The zero-order valence-corrected chi connectivity index (χ0v) is 21.1. The number of fused-ring (bicyclic) bond motifs is 1. The van der Waals surface area contributed by atoms with E-state index in [0.717, 1.165) is 58.3 Å². The molecule has 5 rings (SSSR count). The number of likely N-dealkylation sites (tertiary alicyclic amines) is 1. The third kappa shape index (κ3) is 5.74. The molecule has 0 unspecified atom stereocenters. The minimum atomic E-state index is 0.723. The van der Waals surface area contributed by atoms with Gasteiger partial charge in [0.25, 0.3) is 0 Å². The summed E-state index contributed by atoms with van der Waals surface area (Å²) in [5, 5.41) is 5.90. The van der Waals surface area contributed by atoms with E-state index < -0.39 is 0 Å². The average molecular weight is 483 g/mol. The van der Waals surface area contributed by atoms with Crippen molar-refractivity contribution >= 4 is 22.1 Å². The summed E-state index contributed by atoms with van der Waals surface area (Å²) >= 11 is 0. The largest absolute Gasteiger partial charge is 0.497 e. The predicted molar refractivity (Wildman–Crippen MR) is 148 cm³/mol. The highest BCUT2D eigenvalue weighted by molar-refractivity contribution is 5.91. The van der Waals surface area contributed by atoms with Gasteiger partial charge < -0.3 is 19.5 Å². The number of methoxy groups -OCH3 is 2. The van der Waals surface area contributed by atoms with E-state index in [-0.39, 0.29) is 0 Å². The van der Waals surface area contributed by atoms with Crippen molar-refractivity contribution in [3.8, 4) is 28.4 Å². The van der Waals surface area contributed by atoms with Crippen LogP contribution in [-0.2, 0) is 0 Å². The highest BCUT2D eigenvalue weighted by atomic mass is 16.5. The standard InChI is InChI=1S/C31H34N2O3/c1-34-28-11-8-23-20-25(7-6-24(23)21-28)30-15-14-29(35-2)22-31(30)32-26-9-12-27(13-10-26)36-19-18-33-16-4-3-5-17-33/h6-15,20-22,32H,3-5,16-19H2,1-2H3. The van der Waals surface area contributed by atoms with Crippen LogP contribution in [0.1, 0.15) is 19.3 Å². The van der Waals surface area contributed by atoms with Gasteiger partial charge in [-0.1, -0.05) is 24.6 Å². The number of ether oxygens (including phenoxy) is 3. The molecule has 5 nitrogen and oxygen atoms in total. The van der Waals surface area contributed by atoms with Crippen LogP contribution in [0.4, 0.5) is 11.4 Å². The lowest BCUT2D eigenvalue weighted by Gasteiger charge is -2.26. The number of nitrogens with one attached hydrogen (secondary N) is 1. The van der Waals surface area contributed by atoms with Crippen LogP contribution >= 0.6 is 0 Å². The number of nitrogens with zero attached hydrogens (tertiary/aromatic N) is 1. The molecule has 36 heavy (non-hydrogen) atoms. The number of benzene rings is 4. The van der Waals surface area contributed by atoms with E-state index in [0.29, 0.717) is 0 Å². The van der Waals surface area contributed by atoms with Gasteiger partial charge in [-0.15, -0.1) is 0 Å². The number of anilines is 2. The molecule has 1 heterocycles. The van der Waals surface area contributed by atoms with Gasteiger partial charge in [-0.2, -0.15) is 0 Å². The third-order valence-corrected chi connectivity index (χ3v) is 6.84. The molecular weight excluding hydrogens is 448 g/mol. The highest BCUT2D eigenvalue weighted by Crippen LogP contribution is 2.36. The van der Waals surface area contributed by atoms with Crippen molar-refractivity contribution in [1.82, 2.24) is 4.90 Å². The lowest BCUT2D eigenvalue weighted by atomic mass is 9.99. The molecule has 4 aromatic rings. The van der Waals surface area contributed by atoms with Gasteiger partial charge in [-0.25, -0.2) is 0 Å². The van der Waals surface area contributed by atoms with Crippen LogP contribution < -0.4 is 19.5 Å². The summed E-state index contributed by atoms with van der Waals surface area (Å²) in [5.74, 6) is 2.57. The van der Waals surface area contributed by atoms with Gasteiger partial charge in [-0.3, -0.25) is 4.90 Å². The van der Waals surface area contributed by atoms with E-state index in [9.17, 15) is 0 Å². The first-order valence-electron chi connectivity index (χ1n) is 12.7. The van der Waals surface area contributed by atoms with E-state index in [1.54, 1.807) is 14.2 Å². The minimum absolute atomic E-state index is 0.723. The zero-order valence-electron chi connectivity index (χ0n) is 21.1. The second kappa shape index (κ2) is 11.4. The molecule has 1 N–H and O–H groups in total. The fraction of sp³-hybridized carbons (Fsp3) is 0.290. The molecule has 0 aromatic heterocycles. The summed E-state index contributed by atoms with van der Waals surface area (Å²) < 4.78 is 16.9. The number of hydrogen-bond acceptors (Lipinski definition) is 5. The molecule has 5 heteroatoms. The topological polar surface area (TPSA) is 43.0 Å². The average Bonchev–Trinajstić information content (AvgIpc) is 2.94. The van der Waals surface area contributed by atoms with Crippen molar-refractivity contribution in [1.29, 1.82) is 0 Å². The van der Waals surface area contributed by atoms with Crippen LogP contribution in [0.5, 0.6) is 17.2 Å². The number of hydrogen-bond donors (Lipinski definition) is 1. The number of rotatable bonds is 9. The molecule has 0 aliphatic carbocycles. The van der Waals surface area contributed by atoms with E-state index in [1.807, 2.05) is 30.3 Å². The summed E-state index contributed by atoms with van der Waals surface area (Å²) in [5.41, 5.74) is 4.23. The Labute approximate surface area is 213 Å². The summed E-state index contributed by atoms with van der Waals surface area (Å²) in [6.07, 6.45) is 3.97. The van der Waals surface area contributed by atoms with Crippen LogP contribution in [0.3, 0.4) is 0 Å². The molecule has 0 radical (unpaired) electrons. The smallest absolute Gasteiger partial charge is 0.120 e. The maximum Gasteiger partial charge on any atom is 0.120 e. The van der Waals surface area contributed by atoms with E-state index in [2.05, 4.69) is 58.7 Å². The molecule has 0 spiro atoms. The third-order valence-electron chi connectivity index (χ3n) is 6.84. The first-order valence-corrected chi connectivity index (χ1v) is 12.7. The van der Waals surface area contributed by atoms with Crippen LogP contribution in [0.15, 0.2) is 78.9 Å². The lowest BCUT2D eigenvalue weighted by molar-refractivity contribution is 0.183. The molecule has 4 aromatic carbocycles. The molecular formula is C31H34N2O3. The molecule has 0 bridgehead atoms. The van der Waals surface area contributed by atoms with Crippen molar-refractivity contribution in [3.05, 3.63) is 78.9 Å². The maximum absolute atomic E-state index is 6.00. The highest BCUT2D eigenvalue weighted by Gasteiger charge is 2.11. The van der Waals surface area contributed by atoms with Crippen molar-refractivity contribution in [2.75, 3.05) is 45.8 Å². The van der Waals surface area contributed by atoms with Gasteiger partial charge in [0, 0.05) is 23.9 Å². The molecule has 0 amide bonds. The van der Waals surface area contributed by atoms with Gasteiger partial charge in [0.1, 0.15) is 23.9 Å². The monoisotopic (exact) mass is 482 g/mol. The molecule has 186 valence electrons. The summed E-state index contributed by atoms with van der Waals surface area (Å²) in [4.78, 5) is 2.49. The second-order valence-electron chi connectivity index (χ2n) is 9.24. The Morgan fingerprint density at radius 2 is 1.36 bits per heavy atom. The van der Waals surface area contributed by atoms with E-state index in [1.165, 1.54) is 37.7 Å². The number of piperidine rings is 1. The summed E-state index contributed by atoms with van der Waals surface area (Å²) in [6.45, 7) is 4.10. The molecule has 1 aliphatic heterocycles. The van der Waals surface area contributed by atoms with Gasteiger partial charge in [0.15, 0.2) is 0 Å². The Morgan fingerprint density at radius 3 is 2.14 bits per heavy atom. The predicted octanol–water partition coefficient (Wildman–Crippen LogP) is 7.13. The van der Waals surface area contributed by atoms with Crippen molar-refractivity contribution in [2.45, 2.75) is 19.3 Å². The van der Waals surface area contributed by atoms with Gasteiger partial charge >= 0.3 is 0 Å². The molecule has 1 aliphatic rings. The Hall–Kier alpha value is -3.70. The Morgan fingerprint density at radius 1 is 0.694 bits per heavy atom. The van der Waals surface area contributed by atoms with E-state index >= 15 is 0 Å². The van der Waals surface area contributed by atoms with Gasteiger partial charge in [0.2, 0.25) is 0 Å². The molecule has 0 atom stereocenters. The fourth-order valence-electron chi connectivity index (χ4n) is 4.79. The van der Waals surface area contributed by atoms with Gasteiger partial charge in [0.05, 0.1) is 19.9 Å². The molecule has 0 saturated carbocycles. The van der Waals surface area contributed by atoms with Crippen LogP contribution in [0.2, 0.25) is 0 Å². The molecule has 1 saturated heterocycles. The quantitative estimate of drug-likeness (QED) is 0.275. The van der Waals surface area contributed by atoms with Crippen molar-refractivity contribution < 1.29 is 14.2 Å². The lowest BCUT2D eigenvalue weighted by Crippen LogP contribution is -2.33. The minimum Gasteiger partial charge on any atom is -0.497 e. The molecule has 1 fully saturated rings. The zero-order chi connectivity index (χ0) is 24.7. The first kappa shape index (κ1) is 24.0. The van der Waals surface area contributed by atoms with Crippen molar-refractivity contribution in [3.63, 3.8) is 0 Å². The normalized spacial score (nSPS) is 13.9. The fourth-order valence-corrected chi connectivity index (χ4v) is 4.79. The second-order valence-corrected chi connectivity index (χ2v) is 9.24. The Balaban J connectivity index is 1.32. The van der Waals surface area contributed by atoms with Gasteiger partial charge in [-0.05, 0) is 96.9 Å². The van der Waals surface area contributed by atoms with Crippen LogP contribution in [0.25, 0.3) is 21.9 Å². The summed E-state index contributed by atoms with van der Waals surface area (Å²) in [6, 6.07) is 27.0. The first-order chi connectivity index (χ1) is 17.7. The van der Waals surface area contributed by atoms with Crippen LogP contribution in [-0.4, -0.2) is 45.4 Å².